The van der Waals surface area contributed by atoms with Gasteiger partial charge in [0.15, 0.2) is 5.96 Å². The van der Waals surface area contributed by atoms with Gasteiger partial charge in [-0.15, -0.1) is 0 Å². The smallest absolute Gasteiger partial charge is 0.191 e. The Labute approximate surface area is 124 Å². The number of aromatic nitrogens is 2. The van der Waals surface area contributed by atoms with Crippen LogP contribution in [0.5, 0.6) is 5.75 Å². The second-order valence-electron chi connectivity index (χ2n) is 5.46. The fraction of sp³-hybridized carbons (Fsp3) is 0.467. The average molecular weight is 287 g/mol. The minimum atomic E-state index is 0.483. The van der Waals surface area contributed by atoms with Crippen molar-refractivity contribution in [2.24, 2.45) is 17.8 Å². The summed E-state index contributed by atoms with van der Waals surface area (Å²) in [5.41, 5.74) is 7.99. The number of methoxy groups -OCH3 is 1. The Morgan fingerprint density at radius 1 is 1.52 bits per heavy atom. The SMILES string of the molecule is COc1ccc2c(c1)nc(CN=C(N)N(C)C1CC1)n2C. The maximum Gasteiger partial charge on any atom is 0.191 e. The van der Waals surface area contributed by atoms with Gasteiger partial charge in [-0.3, -0.25) is 0 Å². The molecule has 0 spiro atoms. The van der Waals surface area contributed by atoms with Crippen molar-refractivity contribution in [3.63, 3.8) is 0 Å². The number of aliphatic imine (C=N–C) groups is 1. The molecule has 6 heteroatoms. The highest BCUT2D eigenvalue weighted by atomic mass is 16.5. The third-order valence-electron chi connectivity index (χ3n) is 4.02. The summed E-state index contributed by atoms with van der Waals surface area (Å²) >= 11 is 0. The van der Waals surface area contributed by atoms with Crippen molar-refractivity contribution in [2.75, 3.05) is 14.2 Å². The van der Waals surface area contributed by atoms with Gasteiger partial charge in [-0.05, 0) is 25.0 Å². The van der Waals surface area contributed by atoms with E-state index in [4.69, 9.17) is 10.5 Å². The van der Waals surface area contributed by atoms with Crippen molar-refractivity contribution >= 4 is 17.0 Å². The summed E-state index contributed by atoms with van der Waals surface area (Å²) in [6, 6.07) is 6.45. The summed E-state index contributed by atoms with van der Waals surface area (Å²) in [7, 11) is 5.65. The second kappa shape index (κ2) is 5.27. The van der Waals surface area contributed by atoms with Crippen molar-refractivity contribution < 1.29 is 4.74 Å². The van der Waals surface area contributed by atoms with Crippen LogP contribution < -0.4 is 10.5 Å². The first-order valence-electron chi connectivity index (χ1n) is 7.12. The van der Waals surface area contributed by atoms with E-state index in [2.05, 4.69) is 9.98 Å². The van der Waals surface area contributed by atoms with E-state index in [1.54, 1.807) is 7.11 Å². The lowest BCUT2D eigenvalue weighted by Crippen LogP contribution is -2.35. The first kappa shape index (κ1) is 13.7. The number of hydrogen-bond acceptors (Lipinski definition) is 3. The Morgan fingerprint density at radius 2 is 2.29 bits per heavy atom. The highest BCUT2D eigenvalue weighted by molar-refractivity contribution is 5.79. The molecule has 0 radical (unpaired) electrons. The maximum absolute atomic E-state index is 6.01. The second-order valence-corrected chi connectivity index (χ2v) is 5.46. The van der Waals surface area contributed by atoms with E-state index in [-0.39, 0.29) is 0 Å². The Morgan fingerprint density at radius 3 is 2.95 bits per heavy atom. The Hall–Kier alpha value is -2.24. The minimum Gasteiger partial charge on any atom is -0.497 e. The van der Waals surface area contributed by atoms with Crippen molar-refractivity contribution in [2.45, 2.75) is 25.4 Å². The first-order valence-corrected chi connectivity index (χ1v) is 7.12. The number of nitrogens with two attached hydrogens (primary N) is 1. The predicted octanol–water partition coefficient (Wildman–Crippen LogP) is 1.49. The lowest BCUT2D eigenvalue weighted by atomic mass is 10.3. The lowest BCUT2D eigenvalue weighted by molar-refractivity contribution is 0.415. The Kier molecular flexibility index (Phi) is 3.45. The van der Waals surface area contributed by atoms with Crippen LogP contribution in [-0.4, -0.2) is 40.6 Å². The monoisotopic (exact) mass is 287 g/mol. The molecule has 1 aromatic carbocycles. The van der Waals surface area contributed by atoms with E-state index in [0.717, 1.165) is 22.6 Å². The molecule has 0 unspecified atom stereocenters. The number of benzene rings is 1. The van der Waals surface area contributed by atoms with Gasteiger partial charge < -0.3 is 19.9 Å². The van der Waals surface area contributed by atoms with Crippen molar-refractivity contribution in [1.29, 1.82) is 0 Å². The van der Waals surface area contributed by atoms with Crippen molar-refractivity contribution in [3.05, 3.63) is 24.0 Å². The van der Waals surface area contributed by atoms with Gasteiger partial charge in [-0.2, -0.15) is 0 Å². The van der Waals surface area contributed by atoms with Crippen LogP contribution >= 0.6 is 0 Å². The van der Waals surface area contributed by atoms with Gasteiger partial charge in [0.05, 0.1) is 18.1 Å². The third kappa shape index (κ3) is 2.66. The quantitative estimate of drug-likeness (QED) is 0.683. The fourth-order valence-electron chi connectivity index (χ4n) is 2.41. The van der Waals surface area contributed by atoms with E-state index < -0.39 is 0 Å². The zero-order valence-corrected chi connectivity index (χ0v) is 12.7. The molecule has 1 aromatic heterocycles. The number of aryl methyl sites for hydroxylation is 1. The van der Waals surface area contributed by atoms with Crippen LogP contribution in [0, 0.1) is 0 Å². The van der Waals surface area contributed by atoms with E-state index in [9.17, 15) is 0 Å². The van der Waals surface area contributed by atoms with Crippen LogP contribution in [0.15, 0.2) is 23.2 Å². The molecule has 1 fully saturated rings. The van der Waals surface area contributed by atoms with Crippen molar-refractivity contribution in [1.82, 2.24) is 14.5 Å². The van der Waals surface area contributed by atoms with E-state index >= 15 is 0 Å². The number of nitrogens with zero attached hydrogens (tertiary/aromatic N) is 4. The fourth-order valence-corrected chi connectivity index (χ4v) is 2.41. The molecule has 0 saturated heterocycles. The molecule has 112 valence electrons. The Bertz CT molecular complexity index is 687. The van der Waals surface area contributed by atoms with Gasteiger partial charge in [-0.25, -0.2) is 9.98 Å². The largest absolute Gasteiger partial charge is 0.497 e. The molecule has 6 nitrogen and oxygen atoms in total. The van der Waals surface area contributed by atoms with Crippen LogP contribution in [0.2, 0.25) is 0 Å². The molecular formula is C15H21N5O. The number of hydrogen-bond donors (Lipinski definition) is 1. The zero-order valence-electron chi connectivity index (χ0n) is 12.7. The van der Waals surface area contributed by atoms with Crippen LogP contribution in [0.4, 0.5) is 0 Å². The minimum absolute atomic E-state index is 0.483. The van der Waals surface area contributed by atoms with Crippen molar-refractivity contribution in [3.8, 4) is 5.75 Å². The van der Waals surface area contributed by atoms with Crippen LogP contribution in [-0.2, 0) is 13.6 Å². The van der Waals surface area contributed by atoms with Gasteiger partial charge >= 0.3 is 0 Å². The van der Waals surface area contributed by atoms with Gasteiger partial charge in [0.2, 0.25) is 0 Å². The molecule has 0 atom stereocenters. The molecule has 3 rings (SSSR count). The normalized spacial score (nSPS) is 15.5. The van der Waals surface area contributed by atoms with E-state index in [0.29, 0.717) is 18.5 Å². The molecule has 1 aliphatic carbocycles. The summed E-state index contributed by atoms with van der Waals surface area (Å²) in [5, 5.41) is 0. The van der Waals surface area contributed by atoms with Crippen LogP contribution in [0.1, 0.15) is 18.7 Å². The number of guanidine groups is 1. The summed E-state index contributed by atoms with van der Waals surface area (Å²) in [5.74, 6) is 2.29. The number of fused-ring (bicyclic) bond motifs is 1. The summed E-state index contributed by atoms with van der Waals surface area (Å²) in [6.07, 6.45) is 2.41. The molecule has 2 aromatic rings. The zero-order chi connectivity index (χ0) is 15.0. The first-order chi connectivity index (χ1) is 10.1. The molecule has 21 heavy (non-hydrogen) atoms. The standard InChI is InChI=1S/C15H21N5O/c1-19(10-4-5-10)15(16)17-9-14-18-12-8-11(21-3)6-7-13(12)20(14)2/h6-8,10H,4-5,9H2,1-3H3,(H2,16,17). The van der Waals surface area contributed by atoms with Gasteiger partial charge in [0, 0.05) is 26.2 Å². The molecular weight excluding hydrogens is 266 g/mol. The van der Waals surface area contributed by atoms with Gasteiger partial charge in [0.1, 0.15) is 18.1 Å². The molecule has 0 bridgehead atoms. The summed E-state index contributed by atoms with van der Waals surface area (Å²) in [6.45, 7) is 0.483. The topological polar surface area (TPSA) is 68.7 Å². The van der Waals surface area contributed by atoms with E-state index in [1.807, 2.05) is 41.8 Å². The molecule has 0 aliphatic heterocycles. The Balaban J connectivity index is 1.83. The highest BCUT2D eigenvalue weighted by Crippen LogP contribution is 2.25. The lowest BCUT2D eigenvalue weighted by Gasteiger charge is -2.16. The van der Waals surface area contributed by atoms with Crippen LogP contribution in [0.3, 0.4) is 0 Å². The molecule has 1 heterocycles. The van der Waals surface area contributed by atoms with Gasteiger partial charge in [-0.1, -0.05) is 0 Å². The molecule has 1 aliphatic rings. The van der Waals surface area contributed by atoms with E-state index in [1.165, 1.54) is 12.8 Å². The molecule has 0 amide bonds. The van der Waals surface area contributed by atoms with Gasteiger partial charge in [0.25, 0.3) is 0 Å². The summed E-state index contributed by atoms with van der Waals surface area (Å²) in [4.78, 5) is 11.1. The molecule has 2 N–H and O–H groups in total. The molecule has 1 saturated carbocycles. The average Bonchev–Trinajstić information content (AvgIpc) is 3.29. The predicted molar refractivity (Wildman–Crippen MR) is 83.4 cm³/mol. The summed E-state index contributed by atoms with van der Waals surface area (Å²) < 4.78 is 7.28. The maximum atomic E-state index is 6.01. The number of imidazole rings is 1. The third-order valence-corrected chi connectivity index (χ3v) is 4.02. The number of ether oxygens (including phenoxy) is 1. The highest BCUT2D eigenvalue weighted by Gasteiger charge is 2.27. The van der Waals surface area contributed by atoms with Crippen LogP contribution in [0.25, 0.3) is 11.0 Å². The number of rotatable bonds is 4.